The highest BCUT2D eigenvalue weighted by Gasteiger charge is 2.15. The van der Waals surface area contributed by atoms with Crippen LogP contribution in [-0.2, 0) is 4.79 Å². The molecular weight excluding hydrogens is 220 g/mol. The maximum Gasteiger partial charge on any atom is 0.212 e. The molecule has 0 saturated carbocycles. The lowest BCUT2D eigenvalue weighted by molar-refractivity contribution is -0.105. The highest BCUT2D eigenvalue weighted by molar-refractivity contribution is 8.00. The van der Waals surface area contributed by atoms with Gasteiger partial charge in [0.15, 0.2) is 15.9 Å². The topological polar surface area (TPSA) is 59.1 Å². The third-order valence-electron chi connectivity index (χ3n) is 1.55. The molecule has 4 nitrogen and oxygen atoms in total. The molecule has 0 atom stereocenters. The van der Waals surface area contributed by atoms with Crippen molar-refractivity contribution in [2.45, 2.75) is 17.7 Å². The monoisotopic (exact) mass is 230 g/mol. The van der Waals surface area contributed by atoms with Crippen LogP contribution in [0.4, 0.5) is 5.82 Å². The summed E-state index contributed by atoms with van der Waals surface area (Å²) in [6.45, 7) is 1.78. The van der Waals surface area contributed by atoms with Crippen LogP contribution in [0, 0.1) is 0 Å². The SMILES string of the molecule is CCC(=O)c1sc(SC)nc1NC=O. The van der Waals surface area contributed by atoms with Crippen LogP contribution >= 0.6 is 23.1 Å². The van der Waals surface area contributed by atoms with Crippen LogP contribution in [0.5, 0.6) is 0 Å². The van der Waals surface area contributed by atoms with Crippen LogP contribution in [0.3, 0.4) is 0 Å². The molecule has 0 bridgehead atoms. The van der Waals surface area contributed by atoms with E-state index in [9.17, 15) is 9.59 Å². The van der Waals surface area contributed by atoms with Gasteiger partial charge in [-0.3, -0.25) is 9.59 Å². The molecule has 14 heavy (non-hydrogen) atoms. The second kappa shape index (κ2) is 5.11. The summed E-state index contributed by atoms with van der Waals surface area (Å²) < 4.78 is 0.783. The third-order valence-corrected chi connectivity index (χ3v) is 3.63. The highest BCUT2D eigenvalue weighted by Crippen LogP contribution is 2.29. The van der Waals surface area contributed by atoms with Crippen LogP contribution in [0.2, 0.25) is 0 Å². The van der Waals surface area contributed by atoms with Gasteiger partial charge in [-0.1, -0.05) is 18.7 Å². The Kier molecular flexibility index (Phi) is 4.09. The second-order valence-electron chi connectivity index (χ2n) is 2.40. The Morgan fingerprint density at radius 3 is 2.93 bits per heavy atom. The first-order chi connectivity index (χ1) is 6.72. The maximum atomic E-state index is 11.4. The summed E-state index contributed by atoms with van der Waals surface area (Å²) in [4.78, 5) is 26.4. The molecule has 0 unspecified atom stereocenters. The molecule has 0 radical (unpaired) electrons. The van der Waals surface area contributed by atoms with Gasteiger partial charge in [-0.05, 0) is 6.26 Å². The van der Waals surface area contributed by atoms with E-state index in [0.29, 0.717) is 23.5 Å². The van der Waals surface area contributed by atoms with Crippen molar-refractivity contribution in [3.63, 3.8) is 0 Å². The molecule has 1 aromatic rings. The first-order valence-corrected chi connectivity index (χ1v) is 6.05. The van der Waals surface area contributed by atoms with E-state index in [1.54, 1.807) is 6.92 Å². The van der Waals surface area contributed by atoms with Crippen molar-refractivity contribution in [2.75, 3.05) is 11.6 Å². The van der Waals surface area contributed by atoms with Crippen molar-refractivity contribution in [3.8, 4) is 0 Å². The Bertz CT molecular complexity index is 349. The Hall–Kier alpha value is -0.880. The number of carbonyl (C=O) groups is 2. The minimum Gasteiger partial charge on any atom is -0.312 e. The van der Waals surface area contributed by atoms with Gasteiger partial charge in [-0.15, -0.1) is 11.3 Å². The Balaban J connectivity index is 3.04. The molecule has 1 heterocycles. The summed E-state index contributed by atoms with van der Waals surface area (Å²) in [5.74, 6) is 0.383. The third kappa shape index (κ3) is 2.33. The fourth-order valence-corrected chi connectivity index (χ4v) is 2.43. The van der Waals surface area contributed by atoms with Crippen LogP contribution in [0.15, 0.2) is 4.34 Å². The average Bonchev–Trinajstić information content (AvgIpc) is 2.61. The van der Waals surface area contributed by atoms with E-state index in [-0.39, 0.29) is 5.78 Å². The van der Waals surface area contributed by atoms with Crippen LogP contribution in [-0.4, -0.2) is 23.4 Å². The van der Waals surface area contributed by atoms with Crippen molar-refractivity contribution in [1.82, 2.24) is 4.98 Å². The fourth-order valence-electron chi connectivity index (χ4n) is 0.891. The maximum absolute atomic E-state index is 11.4. The van der Waals surface area contributed by atoms with Gasteiger partial charge in [0.1, 0.15) is 4.88 Å². The average molecular weight is 230 g/mol. The van der Waals surface area contributed by atoms with Gasteiger partial charge in [0.2, 0.25) is 6.41 Å². The first kappa shape index (κ1) is 11.2. The second-order valence-corrected chi connectivity index (χ2v) is 4.45. The molecule has 0 aliphatic rings. The molecule has 0 aliphatic carbocycles. The molecule has 0 spiro atoms. The molecule has 1 N–H and O–H groups in total. The number of nitrogens with zero attached hydrogens (tertiary/aromatic N) is 1. The number of Topliss-reactive ketones (excluding diaryl/α,β-unsaturated/α-hetero) is 1. The molecule has 0 aliphatic heterocycles. The van der Waals surface area contributed by atoms with Crippen molar-refractivity contribution in [2.24, 2.45) is 0 Å². The molecule has 0 aromatic carbocycles. The fraction of sp³-hybridized carbons (Fsp3) is 0.375. The molecular formula is C8H10N2O2S2. The number of amides is 1. The lowest BCUT2D eigenvalue weighted by atomic mass is 10.3. The van der Waals surface area contributed by atoms with Crippen LogP contribution in [0.25, 0.3) is 0 Å². The minimum absolute atomic E-state index is 0.00662. The lowest BCUT2D eigenvalue weighted by Gasteiger charge is -1.95. The largest absolute Gasteiger partial charge is 0.312 e. The Labute approximate surface area is 90.1 Å². The van der Waals surface area contributed by atoms with Gasteiger partial charge < -0.3 is 5.32 Å². The predicted octanol–water partition coefficient (Wildman–Crippen LogP) is 2.03. The van der Waals surface area contributed by atoms with E-state index < -0.39 is 0 Å². The Morgan fingerprint density at radius 1 is 1.71 bits per heavy atom. The number of ketones is 1. The van der Waals surface area contributed by atoms with Gasteiger partial charge in [-0.2, -0.15) is 0 Å². The molecule has 1 rings (SSSR count). The smallest absolute Gasteiger partial charge is 0.212 e. The van der Waals surface area contributed by atoms with Crippen molar-refractivity contribution in [3.05, 3.63) is 4.88 Å². The number of nitrogens with one attached hydrogen (secondary N) is 1. The van der Waals surface area contributed by atoms with Crippen LogP contribution < -0.4 is 5.32 Å². The normalized spacial score (nSPS) is 9.86. The van der Waals surface area contributed by atoms with Crippen molar-refractivity contribution < 1.29 is 9.59 Å². The van der Waals surface area contributed by atoms with E-state index in [1.807, 2.05) is 6.26 Å². The zero-order valence-electron chi connectivity index (χ0n) is 7.86. The summed E-state index contributed by atoms with van der Waals surface area (Å²) in [7, 11) is 0. The van der Waals surface area contributed by atoms with E-state index in [4.69, 9.17) is 0 Å². The number of hydrogen-bond acceptors (Lipinski definition) is 5. The number of aromatic nitrogens is 1. The highest BCUT2D eigenvalue weighted by atomic mass is 32.2. The van der Waals surface area contributed by atoms with Gasteiger partial charge >= 0.3 is 0 Å². The predicted molar refractivity (Wildman–Crippen MR) is 58.2 cm³/mol. The standard InChI is InChI=1S/C8H10N2O2S2/c1-3-5(12)6-7(9-4-11)10-8(13-2)14-6/h4H,3H2,1-2H3,(H,9,11). The number of thioether (sulfide) groups is 1. The van der Waals surface area contributed by atoms with Crippen LogP contribution in [0.1, 0.15) is 23.0 Å². The molecule has 0 saturated heterocycles. The summed E-state index contributed by atoms with van der Waals surface area (Å²) >= 11 is 2.77. The minimum atomic E-state index is 0.00662. The summed E-state index contributed by atoms with van der Waals surface area (Å²) in [5, 5.41) is 2.43. The van der Waals surface area contributed by atoms with Crippen molar-refractivity contribution in [1.29, 1.82) is 0 Å². The van der Waals surface area contributed by atoms with E-state index >= 15 is 0 Å². The summed E-state index contributed by atoms with van der Waals surface area (Å²) in [5.41, 5.74) is 0. The van der Waals surface area contributed by atoms with E-state index in [0.717, 1.165) is 4.34 Å². The molecule has 1 amide bonds. The quantitative estimate of drug-likeness (QED) is 0.477. The van der Waals surface area contributed by atoms with Gasteiger partial charge in [-0.25, -0.2) is 4.98 Å². The summed E-state index contributed by atoms with van der Waals surface area (Å²) in [6, 6.07) is 0. The molecule has 1 aromatic heterocycles. The number of anilines is 1. The van der Waals surface area contributed by atoms with Gasteiger partial charge in [0, 0.05) is 6.42 Å². The van der Waals surface area contributed by atoms with Gasteiger partial charge in [0.25, 0.3) is 0 Å². The Morgan fingerprint density at radius 2 is 2.43 bits per heavy atom. The number of carbonyl (C=O) groups excluding carboxylic acids is 2. The van der Waals surface area contributed by atoms with Crippen molar-refractivity contribution >= 4 is 41.1 Å². The molecule has 0 fully saturated rings. The van der Waals surface area contributed by atoms with E-state index in [1.165, 1.54) is 23.1 Å². The zero-order chi connectivity index (χ0) is 10.6. The molecule has 6 heteroatoms. The lowest BCUT2D eigenvalue weighted by Crippen LogP contribution is -2.01. The number of thiazole rings is 1. The van der Waals surface area contributed by atoms with Gasteiger partial charge in [0.05, 0.1) is 0 Å². The summed E-state index contributed by atoms with van der Waals surface area (Å²) in [6.07, 6.45) is 2.83. The number of hydrogen-bond donors (Lipinski definition) is 1. The first-order valence-electron chi connectivity index (χ1n) is 4.01. The number of rotatable bonds is 5. The molecule has 76 valence electrons. The zero-order valence-corrected chi connectivity index (χ0v) is 9.50. The van der Waals surface area contributed by atoms with E-state index in [2.05, 4.69) is 10.3 Å².